The van der Waals surface area contributed by atoms with Crippen molar-refractivity contribution in [2.75, 3.05) is 38.0 Å². The van der Waals surface area contributed by atoms with E-state index in [9.17, 15) is 4.79 Å². The number of anilines is 1. The second-order valence-electron chi connectivity index (χ2n) is 5.05. The van der Waals surface area contributed by atoms with Crippen molar-refractivity contribution in [2.24, 2.45) is 11.8 Å². The molecule has 0 spiro atoms. The molecule has 7 nitrogen and oxygen atoms in total. The molecule has 2 unspecified atom stereocenters. The molecule has 2 aliphatic rings. The molecule has 3 heterocycles. The summed E-state index contributed by atoms with van der Waals surface area (Å²) in [5.41, 5.74) is 0. The average molecular weight is 251 g/mol. The average Bonchev–Trinajstić information content (AvgIpc) is 2.94. The lowest BCUT2D eigenvalue weighted by Crippen LogP contribution is -2.33. The monoisotopic (exact) mass is 251 g/mol. The van der Waals surface area contributed by atoms with Crippen LogP contribution in [0.1, 0.15) is 5.89 Å². The molecule has 0 bridgehead atoms. The van der Waals surface area contributed by atoms with Crippen LogP contribution in [-0.2, 0) is 4.79 Å². The Labute approximate surface area is 105 Å². The van der Waals surface area contributed by atoms with Crippen LogP contribution in [0.5, 0.6) is 0 Å². The molecule has 2 aliphatic heterocycles. The third-order valence-corrected chi connectivity index (χ3v) is 3.60. The lowest BCUT2D eigenvalue weighted by atomic mass is 10.0. The van der Waals surface area contributed by atoms with Crippen LogP contribution in [0, 0.1) is 18.8 Å². The van der Waals surface area contributed by atoms with Gasteiger partial charge in [0, 0.05) is 20.0 Å². The smallest absolute Gasteiger partial charge is 0.322 e. The molecule has 0 aromatic carbocycles. The first-order chi connectivity index (χ1) is 8.70. The summed E-state index contributed by atoms with van der Waals surface area (Å²) in [6.07, 6.45) is 0. The predicted molar refractivity (Wildman–Crippen MR) is 64.0 cm³/mol. The predicted octanol–water partition coefficient (Wildman–Crippen LogP) is -0.532. The maximum atomic E-state index is 11.8. The van der Waals surface area contributed by atoms with Crippen molar-refractivity contribution in [1.82, 2.24) is 20.4 Å². The Balaban J connectivity index is 1.50. The van der Waals surface area contributed by atoms with E-state index in [1.165, 1.54) is 0 Å². The summed E-state index contributed by atoms with van der Waals surface area (Å²) in [6, 6.07) is 0.179. The summed E-state index contributed by atoms with van der Waals surface area (Å²) in [7, 11) is 0. The number of aromatic nitrogens is 2. The molecule has 0 aliphatic carbocycles. The van der Waals surface area contributed by atoms with Gasteiger partial charge in [0.15, 0.2) is 0 Å². The van der Waals surface area contributed by atoms with Gasteiger partial charge in [0.2, 0.25) is 11.8 Å². The van der Waals surface area contributed by atoms with E-state index in [-0.39, 0.29) is 11.9 Å². The van der Waals surface area contributed by atoms with Crippen LogP contribution >= 0.6 is 0 Å². The van der Waals surface area contributed by atoms with Gasteiger partial charge in [0.1, 0.15) is 0 Å². The minimum atomic E-state index is -0.0911. The number of amides is 1. The zero-order valence-electron chi connectivity index (χ0n) is 10.3. The first-order valence-electron chi connectivity index (χ1n) is 6.24. The molecule has 1 aromatic rings. The summed E-state index contributed by atoms with van der Waals surface area (Å²) in [5, 5.41) is 13.4. The zero-order valence-corrected chi connectivity index (χ0v) is 10.3. The molecule has 3 rings (SSSR count). The second kappa shape index (κ2) is 4.66. The normalized spacial score (nSPS) is 27.4. The highest BCUT2D eigenvalue weighted by Gasteiger charge is 2.36. The molecule has 0 saturated carbocycles. The van der Waals surface area contributed by atoms with Crippen LogP contribution in [0.3, 0.4) is 0 Å². The van der Waals surface area contributed by atoms with Crippen LogP contribution in [0.4, 0.5) is 6.01 Å². The van der Waals surface area contributed by atoms with Crippen molar-refractivity contribution >= 4 is 11.9 Å². The third kappa shape index (κ3) is 2.37. The fraction of sp³-hybridized carbons (Fsp3) is 0.727. The maximum Gasteiger partial charge on any atom is 0.322 e. The topological polar surface area (TPSA) is 83.3 Å². The van der Waals surface area contributed by atoms with Crippen LogP contribution < -0.4 is 10.6 Å². The van der Waals surface area contributed by atoms with Gasteiger partial charge in [-0.15, -0.1) is 5.10 Å². The summed E-state index contributed by atoms with van der Waals surface area (Å²) in [6.45, 7) is 6.23. The number of nitrogens with one attached hydrogen (secondary N) is 2. The molecule has 2 atom stereocenters. The van der Waals surface area contributed by atoms with Gasteiger partial charge in [-0.05, 0) is 24.9 Å². The van der Waals surface area contributed by atoms with Gasteiger partial charge >= 0.3 is 6.01 Å². The van der Waals surface area contributed by atoms with Gasteiger partial charge in [-0.3, -0.25) is 15.0 Å². The van der Waals surface area contributed by atoms with E-state index < -0.39 is 0 Å². The van der Waals surface area contributed by atoms with E-state index in [0.717, 1.165) is 26.2 Å². The van der Waals surface area contributed by atoms with Gasteiger partial charge in [-0.1, -0.05) is 5.10 Å². The van der Waals surface area contributed by atoms with E-state index in [4.69, 9.17) is 4.42 Å². The third-order valence-electron chi connectivity index (χ3n) is 3.60. The van der Waals surface area contributed by atoms with Gasteiger partial charge in [0.05, 0.1) is 6.54 Å². The Morgan fingerprint density at radius 1 is 1.44 bits per heavy atom. The summed E-state index contributed by atoms with van der Waals surface area (Å²) in [5.74, 6) is 1.76. The fourth-order valence-corrected chi connectivity index (χ4v) is 2.79. The summed E-state index contributed by atoms with van der Waals surface area (Å²) < 4.78 is 5.11. The molecular weight excluding hydrogens is 234 g/mol. The molecule has 7 heteroatoms. The quantitative estimate of drug-likeness (QED) is 0.751. The SMILES string of the molecule is Cc1nnc(NC(=O)CN2CC3CNCC3C2)o1. The molecule has 2 saturated heterocycles. The zero-order chi connectivity index (χ0) is 12.5. The number of hydrogen-bond donors (Lipinski definition) is 2. The van der Waals surface area contributed by atoms with Gasteiger partial charge < -0.3 is 9.73 Å². The number of hydrogen-bond acceptors (Lipinski definition) is 6. The molecule has 98 valence electrons. The van der Waals surface area contributed by atoms with Crippen LogP contribution in [0.15, 0.2) is 4.42 Å². The lowest BCUT2D eigenvalue weighted by molar-refractivity contribution is -0.117. The van der Waals surface area contributed by atoms with Crippen LogP contribution in [0.2, 0.25) is 0 Å². The minimum absolute atomic E-state index is 0.0911. The number of rotatable bonds is 3. The van der Waals surface area contributed by atoms with Crippen molar-refractivity contribution in [3.63, 3.8) is 0 Å². The Hall–Kier alpha value is -1.47. The van der Waals surface area contributed by atoms with Crippen molar-refractivity contribution in [3.05, 3.63) is 5.89 Å². The molecular formula is C11H17N5O2. The van der Waals surface area contributed by atoms with Crippen molar-refractivity contribution < 1.29 is 9.21 Å². The van der Waals surface area contributed by atoms with E-state index in [0.29, 0.717) is 24.3 Å². The van der Waals surface area contributed by atoms with Gasteiger partial charge in [-0.2, -0.15) is 0 Å². The van der Waals surface area contributed by atoms with Crippen LogP contribution in [-0.4, -0.2) is 53.7 Å². The van der Waals surface area contributed by atoms with Crippen molar-refractivity contribution in [2.45, 2.75) is 6.92 Å². The molecule has 2 N–H and O–H groups in total. The highest BCUT2D eigenvalue weighted by molar-refractivity contribution is 5.90. The summed E-state index contributed by atoms with van der Waals surface area (Å²) >= 11 is 0. The Morgan fingerprint density at radius 2 is 2.17 bits per heavy atom. The summed E-state index contributed by atoms with van der Waals surface area (Å²) in [4.78, 5) is 14.0. The van der Waals surface area contributed by atoms with Gasteiger partial charge in [-0.25, -0.2) is 0 Å². The molecule has 0 radical (unpaired) electrons. The lowest BCUT2D eigenvalue weighted by Gasteiger charge is -2.15. The first kappa shape index (κ1) is 11.6. The molecule has 1 amide bonds. The van der Waals surface area contributed by atoms with E-state index in [1.807, 2.05) is 0 Å². The maximum absolute atomic E-state index is 11.8. The number of aryl methyl sites for hydroxylation is 1. The standard InChI is InChI=1S/C11H17N5O2/c1-7-14-15-11(18-7)13-10(17)6-16-4-8-2-12-3-9(8)5-16/h8-9,12H,2-6H2,1H3,(H,13,15,17). The largest absolute Gasteiger partial charge is 0.408 e. The van der Waals surface area contributed by atoms with Gasteiger partial charge in [0.25, 0.3) is 0 Å². The van der Waals surface area contributed by atoms with Crippen molar-refractivity contribution in [1.29, 1.82) is 0 Å². The minimum Gasteiger partial charge on any atom is -0.408 e. The number of fused-ring (bicyclic) bond motifs is 1. The second-order valence-corrected chi connectivity index (χ2v) is 5.05. The van der Waals surface area contributed by atoms with Crippen molar-refractivity contribution in [3.8, 4) is 0 Å². The highest BCUT2D eigenvalue weighted by Crippen LogP contribution is 2.25. The van der Waals surface area contributed by atoms with E-state index in [1.54, 1.807) is 6.92 Å². The number of likely N-dealkylation sites (tertiary alicyclic amines) is 1. The molecule has 2 fully saturated rings. The first-order valence-corrected chi connectivity index (χ1v) is 6.24. The molecule has 1 aromatic heterocycles. The number of carbonyl (C=O) groups excluding carboxylic acids is 1. The highest BCUT2D eigenvalue weighted by atomic mass is 16.4. The van der Waals surface area contributed by atoms with E-state index >= 15 is 0 Å². The van der Waals surface area contributed by atoms with E-state index in [2.05, 4.69) is 25.7 Å². The Kier molecular flexibility index (Phi) is 3.00. The molecule has 18 heavy (non-hydrogen) atoms. The number of carbonyl (C=O) groups is 1. The number of nitrogens with zero attached hydrogens (tertiary/aromatic N) is 3. The Bertz CT molecular complexity index is 434. The van der Waals surface area contributed by atoms with Crippen LogP contribution in [0.25, 0.3) is 0 Å². The fourth-order valence-electron chi connectivity index (χ4n) is 2.79. The Morgan fingerprint density at radius 3 is 2.78 bits per heavy atom.